The van der Waals surface area contributed by atoms with Crippen LogP contribution in [0.4, 0.5) is 18.9 Å². The first-order chi connectivity index (χ1) is 14.5. The SMILES string of the molecule is CC1OC(=O)CC2CC(=O)N(CCC3CN(S(=O)(=O)C(F)(F)F)c4ccccc43)CC21. The van der Waals surface area contributed by atoms with Crippen LogP contribution >= 0.6 is 0 Å². The van der Waals surface area contributed by atoms with Crippen LogP contribution < -0.4 is 4.31 Å². The predicted octanol–water partition coefficient (Wildman–Crippen LogP) is 2.63. The highest BCUT2D eigenvalue weighted by Gasteiger charge is 2.53. The highest BCUT2D eigenvalue weighted by atomic mass is 32.2. The van der Waals surface area contributed by atoms with Crippen LogP contribution in [-0.4, -0.2) is 56.4 Å². The lowest BCUT2D eigenvalue weighted by atomic mass is 9.78. The summed E-state index contributed by atoms with van der Waals surface area (Å²) in [6.45, 7) is 2.19. The van der Waals surface area contributed by atoms with Gasteiger partial charge in [-0.1, -0.05) is 18.2 Å². The van der Waals surface area contributed by atoms with E-state index in [1.165, 1.54) is 12.1 Å². The quantitative estimate of drug-likeness (QED) is 0.645. The van der Waals surface area contributed by atoms with Crippen LogP contribution in [0.15, 0.2) is 24.3 Å². The van der Waals surface area contributed by atoms with Gasteiger partial charge in [-0.25, -0.2) is 0 Å². The van der Waals surface area contributed by atoms with E-state index in [9.17, 15) is 31.2 Å². The number of para-hydroxylation sites is 1. The monoisotopic (exact) mass is 460 g/mol. The fourth-order valence-corrected chi connectivity index (χ4v) is 5.96. The van der Waals surface area contributed by atoms with Gasteiger partial charge in [-0.15, -0.1) is 0 Å². The molecule has 1 amide bonds. The lowest BCUT2D eigenvalue weighted by molar-refractivity contribution is -0.168. The molecular formula is C20H23F3N2O5S. The minimum absolute atomic E-state index is 0.0216. The normalized spacial score (nSPS) is 28.9. The van der Waals surface area contributed by atoms with Gasteiger partial charge in [0.05, 0.1) is 5.69 Å². The van der Waals surface area contributed by atoms with E-state index < -0.39 is 21.4 Å². The summed E-state index contributed by atoms with van der Waals surface area (Å²) >= 11 is 0. The Morgan fingerprint density at radius 1 is 1.13 bits per heavy atom. The van der Waals surface area contributed by atoms with Crippen LogP contribution in [-0.2, 0) is 24.3 Å². The average molecular weight is 460 g/mol. The Bertz CT molecular complexity index is 997. The van der Waals surface area contributed by atoms with Crippen molar-refractivity contribution in [1.29, 1.82) is 0 Å². The molecule has 11 heteroatoms. The summed E-state index contributed by atoms with van der Waals surface area (Å²) in [6, 6.07) is 6.15. The van der Waals surface area contributed by atoms with Gasteiger partial charge < -0.3 is 9.64 Å². The second-order valence-electron chi connectivity index (χ2n) is 8.39. The van der Waals surface area contributed by atoms with Gasteiger partial charge in [0.1, 0.15) is 6.10 Å². The number of benzene rings is 1. The number of cyclic esters (lactones) is 1. The lowest BCUT2D eigenvalue weighted by Gasteiger charge is -2.43. The first-order valence-electron chi connectivity index (χ1n) is 10.1. The van der Waals surface area contributed by atoms with Crippen LogP contribution in [0.5, 0.6) is 0 Å². The van der Waals surface area contributed by atoms with Crippen molar-refractivity contribution in [3.8, 4) is 0 Å². The van der Waals surface area contributed by atoms with E-state index in [4.69, 9.17) is 4.74 Å². The van der Waals surface area contributed by atoms with E-state index in [0.717, 1.165) is 0 Å². The summed E-state index contributed by atoms with van der Waals surface area (Å²) < 4.78 is 69.2. The average Bonchev–Trinajstić information content (AvgIpc) is 3.05. The fourth-order valence-electron chi connectivity index (χ4n) is 4.91. The number of alkyl halides is 3. The van der Waals surface area contributed by atoms with Gasteiger partial charge in [0.15, 0.2) is 0 Å². The Morgan fingerprint density at radius 2 is 1.84 bits per heavy atom. The molecule has 4 unspecified atom stereocenters. The van der Waals surface area contributed by atoms with Gasteiger partial charge in [0.25, 0.3) is 0 Å². The van der Waals surface area contributed by atoms with Gasteiger partial charge in [-0.3, -0.25) is 13.9 Å². The first-order valence-corrected chi connectivity index (χ1v) is 11.6. The number of halogens is 3. The summed E-state index contributed by atoms with van der Waals surface area (Å²) in [5, 5.41) is 0. The van der Waals surface area contributed by atoms with E-state index >= 15 is 0 Å². The van der Waals surface area contributed by atoms with Crippen LogP contribution in [0.3, 0.4) is 0 Å². The standard InChI is InChI=1S/C20H23F3N2O5S/c1-12-16-11-24(18(26)8-14(16)9-19(27)30-12)7-6-13-10-25(31(28,29)20(21,22)23)17-5-3-2-4-15(13)17/h2-5,12-14,16H,6-11H2,1H3. The predicted molar refractivity (Wildman–Crippen MR) is 104 cm³/mol. The number of carbonyl (C=O) groups is 2. The number of amides is 1. The Kier molecular flexibility index (Phi) is 5.43. The van der Waals surface area contributed by atoms with Crippen molar-refractivity contribution in [3.63, 3.8) is 0 Å². The molecule has 4 atom stereocenters. The van der Waals surface area contributed by atoms with E-state index in [1.54, 1.807) is 24.0 Å². The summed E-state index contributed by atoms with van der Waals surface area (Å²) in [5.74, 6) is -0.897. The van der Waals surface area contributed by atoms with Gasteiger partial charge >= 0.3 is 21.5 Å². The van der Waals surface area contributed by atoms with Crippen molar-refractivity contribution in [3.05, 3.63) is 29.8 Å². The minimum atomic E-state index is -5.50. The summed E-state index contributed by atoms with van der Waals surface area (Å²) in [6.07, 6.45) is 0.481. The van der Waals surface area contributed by atoms with Crippen LogP contribution in [0, 0.1) is 11.8 Å². The zero-order chi connectivity index (χ0) is 22.6. The molecule has 0 spiro atoms. The number of anilines is 1. The molecule has 2 saturated heterocycles. The number of hydrogen-bond donors (Lipinski definition) is 0. The maximum Gasteiger partial charge on any atom is 0.516 e. The van der Waals surface area contributed by atoms with Gasteiger partial charge in [0, 0.05) is 44.3 Å². The molecule has 0 saturated carbocycles. The number of ether oxygens (including phenoxy) is 1. The number of fused-ring (bicyclic) bond motifs is 2. The van der Waals surface area contributed by atoms with Crippen molar-refractivity contribution in [2.75, 3.05) is 23.9 Å². The molecule has 3 aliphatic heterocycles. The number of sulfonamides is 1. The molecule has 2 fully saturated rings. The van der Waals surface area contributed by atoms with Crippen molar-refractivity contribution < 1.29 is 35.9 Å². The van der Waals surface area contributed by atoms with Crippen LogP contribution in [0.25, 0.3) is 0 Å². The molecule has 170 valence electrons. The Hall–Kier alpha value is -2.30. The third kappa shape index (κ3) is 3.88. The van der Waals surface area contributed by atoms with Crippen molar-refractivity contribution in [2.45, 2.75) is 43.7 Å². The smallest absolute Gasteiger partial charge is 0.462 e. The maximum absolute atomic E-state index is 13.1. The van der Waals surface area contributed by atoms with Gasteiger partial charge in [-0.05, 0) is 30.9 Å². The highest BCUT2D eigenvalue weighted by molar-refractivity contribution is 7.93. The van der Waals surface area contributed by atoms with E-state index in [1.807, 2.05) is 0 Å². The molecule has 0 N–H and O–H groups in total. The van der Waals surface area contributed by atoms with Gasteiger partial charge in [-0.2, -0.15) is 21.6 Å². The second kappa shape index (κ2) is 7.68. The number of nitrogens with zero attached hydrogens (tertiary/aromatic N) is 2. The molecule has 0 bridgehead atoms. The summed E-state index contributed by atoms with van der Waals surface area (Å²) in [4.78, 5) is 25.9. The highest BCUT2D eigenvalue weighted by Crippen LogP contribution is 2.43. The molecule has 3 aliphatic rings. The number of rotatable bonds is 4. The van der Waals surface area contributed by atoms with Crippen LogP contribution in [0.2, 0.25) is 0 Å². The number of esters is 1. The third-order valence-corrected chi connectivity index (χ3v) is 8.05. The van der Waals surface area contributed by atoms with Crippen LogP contribution in [0.1, 0.15) is 37.7 Å². The minimum Gasteiger partial charge on any atom is -0.462 e. The summed E-state index contributed by atoms with van der Waals surface area (Å²) in [7, 11) is -5.50. The maximum atomic E-state index is 13.1. The molecule has 31 heavy (non-hydrogen) atoms. The Morgan fingerprint density at radius 3 is 2.55 bits per heavy atom. The lowest BCUT2D eigenvalue weighted by Crippen LogP contribution is -2.52. The molecule has 1 aromatic rings. The number of piperidine rings is 1. The summed E-state index contributed by atoms with van der Waals surface area (Å²) in [5.41, 5.74) is -4.83. The van der Waals surface area contributed by atoms with E-state index in [2.05, 4.69) is 0 Å². The molecular weight excluding hydrogens is 437 g/mol. The van der Waals surface area contributed by atoms with Crippen molar-refractivity contribution in [2.24, 2.45) is 11.8 Å². The molecule has 4 rings (SSSR count). The molecule has 0 radical (unpaired) electrons. The van der Waals surface area contributed by atoms with Crippen molar-refractivity contribution in [1.82, 2.24) is 4.90 Å². The fraction of sp³-hybridized carbons (Fsp3) is 0.600. The Labute approximate surface area is 178 Å². The van der Waals surface area contributed by atoms with E-state index in [0.29, 0.717) is 29.4 Å². The van der Waals surface area contributed by atoms with Gasteiger partial charge in [0.2, 0.25) is 5.91 Å². The third-order valence-electron chi connectivity index (χ3n) is 6.54. The topological polar surface area (TPSA) is 84.0 Å². The van der Waals surface area contributed by atoms with E-state index in [-0.39, 0.29) is 54.9 Å². The number of hydrogen-bond acceptors (Lipinski definition) is 5. The molecule has 0 aliphatic carbocycles. The second-order valence-corrected chi connectivity index (χ2v) is 10.2. The molecule has 7 nitrogen and oxygen atoms in total. The first kappa shape index (κ1) is 21.9. The molecule has 0 aromatic heterocycles. The Balaban J connectivity index is 1.48. The van der Waals surface area contributed by atoms with Crippen molar-refractivity contribution >= 4 is 27.6 Å². The molecule has 3 heterocycles. The number of carbonyl (C=O) groups excluding carboxylic acids is 2. The zero-order valence-electron chi connectivity index (χ0n) is 16.8. The number of likely N-dealkylation sites (tertiary alicyclic amines) is 1. The molecule has 1 aromatic carbocycles. The largest absolute Gasteiger partial charge is 0.516 e. The zero-order valence-corrected chi connectivity index (χ0v) is 17.7.